The summed E-state index contributed by atoms with van der Waals surface area (Å²) < 4.78 is 0. The van der Waals surface area contributed by atoms with Crippen molar-refractivity contribution in [3.8, 4) is 0 Å². The van der Waals surface area contributed by atoms with Crippen molar-refractivity contribution in [1.82, 2.24) is 20.2 Å². The summed E-state index contributed by atoms with van der Waals surface area (Å²) in [4.78, 5) is 30.5. The molecule has 0 aliphatic carbocycles. The Morgan fingerprint density at radius 1 is 1.43 bits per heavy atom. The SMILES string of the molecule is Cc1nnc(NC(=O)CSc2nc(CSC(C)C)cc(=O)[nH]2)s1. The third-order valence-electron chi connectivity index (χ3n) is 2.45. The summed E-state index contributed by atoms with van der Waals surface area (Å²) in [5, 5.41) is 12.5. The molecule has 0 atom stereocenters. The molecule has 0 saturated carbocycles. The Hall–Kier alpha value is -1.39. The van der Waals surface area contributed by atoms with Crippen molar-refractivity contribution in [1.29, 1.82) is 0 Å². The Bertz CT molecular complexity index is 728. The average Bonchev–Trinajstić information content (AvgIpc) is 2.87. The zero-order valence-electron chi connectivity index (χ0n) is 13.0. The summed E-state index contributed by atoms with van der Waals surface area (Å²) in [6.45, 7) is 6.00. The molecule has 0 unspecified atom stereocenters. The molecule has 10 heteroatoms. The maximum Gasteiger partial charge on any atom is 0.251 e. The van der Waals surface area contributed by atoms with Gasteiger partial charge >= 0.3 is 0 Å². The predicted octanol–water partition coefficient (Wildman–Crippen LogP) is 2.30. The number of hydrogen-bond donors (Lipinski definition) is 2. The van der Waals surface area contributed by atoms with Gasteiger partial charge in [0.2, 0.25) is 11.0 Å². The lowest BCUT2D eigenvalue weighted by molar-refractivity contribution is -0.113. The molecule has 124 valence electrons. The fourth-order valence-corrected chi connectivity index (χ4v) is 3.47. The average molecular weight is 372 g/mol. The van der Waals surface area contributed by atoms with Crippen molar-refractivity contribution < 1.29 is 4.79 Å². The van der Waals surface area contributed by atoms with Gasteiger partial charge in [-0.1, -0.05) is 36.9 Å². The van der Waals surface area contributed by atoms with Gasteiger partial charge in [-0.25, -0.2) is 4.98 Å². The summed E-state index contributed by atoms with van der Waals surface area (Å²) in [6, 6.07) is 1.49. The minimum absolute atomic E-state index is 0.141. The van der Waals surface area contributed by atoms with E-state index in [-0.39, 0.29) is 17.2 Å². The number of anilines is 1. The lowest BCUT2D eigenvalue weighted by Crippen LogP contribution is -2.15. The topological polar surface area (TPSA) is 101 Å². The van der Waals surface area contributed by atoms with E-state index in [1.807, 2.05) is 6.92 Å². The highest BCUT2D eigenvalue weighted by Crippen LogP contribution is 2.18. The number of nitrogens with zero attached hydrogens (tertiary/aromatic N) is 3. The first kappa shape index (κ1) is 18.0. The number of carbonyl (C=O) groups is 1. The van der Waals surface area contributed by atoms with Crippen molar-refractivity contribution in [2.75, 3.05) is 11.1 Å². The van der Waals surface area contributed by atoms with E-state index in [1.165, 1.54) is 29.2 Å². The number of aromatic amines is 1. The summed E-state index contributed by atoms with van der Waals surface area (Å²) in [6.07, 6.45) is 0. The van der Waals surface area contributed by atoms with Crippen LogP contribution in [0.3, 0.4) is 0 Å². The molecule has 2 aromatic rings. The van der Waals surface area contributed by atoms with Crippen molar-refractivity contribution in [2.24, 2.45) is 0 Å². The Morgan fingerprint density at radius 2 is 2.22 bits per heavy atom. The fourth-order valence-electron chi connectivity index (χ4n) is 1.51. The molecule has 0 aliphatic heterocycles. The molecular weight excluding hydrogens is 354 g/mol. The van der Waals surface area contributed by atoms with Gasteiger partial charge in [0.25, 0.3) is 5.56 Å². The van der Waals surface area contributed by atoms with E-state index in [1.54, 1.807) is 11.8 Å². The molecule has 0 aliphatic rings. The summed E-state index contributed by atoms with van der Waals surface area (Å²) >= 11 is 4.21. The van der Waals surface area contributed by atoms with Crippen LogP contribution in [0.4, 0.5) is 5.13 Å². The minimum atomic E-state index is -0.212. The van der Waals surface area contributed by atoms with Gasteiger partial charge in [0, 0.05) is 11.8 Å². The van der Waals surface area contributed by atoms with Gasteiger partial charge in [-0.2, -0.15) is 11.8 Å². The summed E-state index contributed by atoms with van der Waals surface area (Å²) in [5.74, 6) is 0.601. The second kappa shape index (κ2) is 8.46. The van der Waals surface area contributed by atoms with Gasteiger partial charge in [0.15, 0.2) is 5.16 Å². The molecule has 23 heavy (non-hydrogen) atoms. The van der Waals surface area contributed by atoms with Crippen LogP contribution in [0.15, 0.2) is 16.0 Å². The monoisotopic (exact) mass is 371 g/mol. The number of hydrogen-bond acceptors (Lipinski definition) is 8. The first-order valence-electron chi connectivity index (χ1n) is 6.87. The zero-order valence-corrected chi connectivity index (χ0v) is 15.4. The van der Waals surface area contributed by atoms with E-state index >= 15 is 0 Å². The number of carbonyl (C=O) groups excluding carboxylic acids is 1. The van der Waals surface area contributed by atoms with Gasteiger partial charge in [-0.15, -0.1) is 10.2 Å². The smallest absolute Gasteiger partial charge is 0.251 e. The zero-order chi connectivity index (χ0) is 16.8. The highest BCUT2D eigenvalue weighted by molar-refractivity contribution is 7.99. The molecule has 0 spiro atoms. The van der Waals surface area contributed by atoms with Crippen LogP contribution in [0.2, 0.25) is 0 Å². The predicted molar refractivity (Wildman–Crippen MR) is 95.3 cm³/mol. The highest BCUT2D eigenvalue weighted by Gasteiger charge is 2.09. The van der Waals surface area contributed by atoms with Crippen LogP contribution in [0.25, 0.3) is 0 Å². The number of H-pyrrole nitrogens is 1. The molecule has 7 nitrogen and oxygen atoms in total. The second-order valence-corrected chi connectivity index (χ2v) is 8.58. The molecule has 2 aromatic heterocycles. The lowest BCUT2D eigenvalue weighted by atomic mass is 10.4. The van der Waals surface area contributed by atoms with Crippen molar-refractivity contribution in [3.05, 3.63) is 27.1 Å². The molecule has 2 heterocycles. The van der Waals surface area contributed by atoms with Crippen LogP contribution < -0.4 is 10.9 Å². The van der Waals surface area contributed by atoms with Crippen molar-refractivity contribution in [3.63, 3.8) is 0 Å². The van der Waals surface area contributed by atoms with E-state index in [9.17, 15) is 9.59 Å². The van der Waals surface area contributed by atoms with Crippen LogP contribution >= 0.6 is 34.9 Å². The Morgan fingerprint density at radius 3 is 2.87 bits per heavy atom. The molecule has 1 amide bonds. The Kier molecular flexibility index (Phi) is 6.60. The second-order valence-electron chi connectivity index (χ2n) is 4.86. The van der Waals surface area contributed by atoms with Crippen molar-refractivity contribution >= 4 is 45.9 Å². The standard InChI is InChI=1S/C13H17N5O2S3/c1-7(2)21-5-9-4-10(19)15-12(14-9)22-6-11(20)16-13-18-17-8(3)23-13/h4,7H,5-6H2,1-3H3,(H,14,15,19)(H,16,18,20). The van der Waals surface area contributed by atoms with E-state index in [0.29, 0.717) is 21.3 Å². The first-order chi connectivity index (χ1) is 10.9. The minimum Gasteiger partial charge on any atom is -0.301 e. The maximum atomic E-state index is 11.9. The van der Waals surface area contributed by atoms with E-state index in [4.69, 9.17) is 0 Å². The third kappa shape index (κ3) is 6.32. The quantitative estimate of drug-likeness (QED) is 0.569. The fraction of sp³-hybridized carbons (Fsp3) is 0.462. The number of thioether (sulfide) groups is 2. The van der Waals surface area contributed by atoms with Gasteiger partial charge < -0.3 is 4.98 Å². The largest absolute Gasteiger partial charge is 0.301 e. The summed E-state index contributed by atoms with van der Waals surface area (Å²) in [5.41, 5.74) is 0.511. The molecule has 0 bridgehead atoms. The maximum absolute atomic E-state index is 11.9. The molecule has 0 saturated heterocycles. The number of amides is 1. The van der Waals surface area contributed by atoms with Crippen LogP contribution in [-0.2, 0) is 10.5 Å². The van der Waals surface area contributed by atoms with Crippen LogP contribution in [0.1, 0.15) is 24.5 Å². The number of rotatable bonds is 7. The molecule has 0 radical (unpaired) electrons. The van der Waals surface area contributed by atoms with Crippen LogP contribution in [0.5, 0.6) is 0 Å². The molecule has 0 aromatic carbocycles. The summed E-state index contributed by atoms with van der Waals surface area (Å²) in [7, 11) is 0. The number of aryl methyl sites for hydroxylation is 1. The van der Waals surface area contributed by atoms with Crippen LogP contribution in [-0.4, -0.2) is 37.1 Å². The molecule has 0 fully saturated rings. The highest BCUT2D eigenvalue weighted by atomic mass is 32.2. The molecular formula is C13H17N5O2S3. The van der Waals surface area contributed by atoms with Gasteiger partial charge in [0.1, 0.15) is 5.01 Å². The van der Waals surface area contributed by atoms with Crippen molar-refractivity contribution in [2.45, 2.75) is 36.9 Å². The number of nitrogens with one attached hydrogen (secondary N) is 2. The van der Waals surface area contributed by atoms with Gasteiger partial charge in [0.05, 0.1) is 11.4 Å². The van der Waals surface area contributed by atoms with E-state index in [0.717, 1.165) is 10.7 Å². The van der Waals surface area contributed by atoms with E-state index < -0.39 is 0 Å². The van der Waals surface area contributed by atoms with E-state index in [2.05, 4.69) is 39.3 Å². The molecule has 2 rings (SSSR count). The van der Waals surface area contributed by atoms with Gasteiger partial charge in [-0.3, -0.25) is 14.9 Å². The van der Waals surface area contributed by atoms with Crippen LogP contribution in [0, 0.1) is 6.92 Å². The normalized spacial score (nSPS) is 11.0. The lowest BCUT2D eigenvalue weighted by Gasteiger charge is -2.06. The third-order valence-corrected chi connectivity index (χ3v) is 5.21. The number of aromatic nitrogens is 4. The van der Waals surface area contributed by atoms with Gasteiger partial charge in [-0.05, 0) is 12.2 Å². The Balaban J connectivity index is 1.91. The first-order valence-corrected chi connectivity index (χ1v) is 9.72. The Labute approximate surface area is 146 Å². The molecule has 2 N–H and O–H groups in total.